The average molecular weight is 322 g/mol. The summed E-state index contributed by atoms with van der Waals surface area (Å²) in [5.41, 5.74) is -0.351. The zero-order chi connectivity index (χ0) is 16.6. The molecule has 1 spiro atoms. The molecule has 4 aliphatic rings. The summed E-state index contributed by atoms with van der Waals surface area (Å²) >= 11 is 0. The molecule has 4 heteroatoms. The average Bonchev–Trinajstić information content (AvgIpc) is 3.11. The van der Waals surface area contributed by atoms with E-state index < -0.39 is 0 Å². The second kappa shape index (κ2) is 4.72. The maximum atomic E-state index is 12.9. The Kier molecular flexibility index (Phi) is 3.26. The van der Waals surface area contributed by atoms with Gasteiger partial charge in [-0.2, -0.15) is 0 Å². The number of hydrogen-bond donors (Lipinski definition) is 0. The zero-order valence-corrected chi connectivity index (χ0v) is 15.3. The van der Waals surface area contributed by atoms with Crippen LogP contribution in [0.15, 0.2) is 0 Å². The Hall–Kier alpha value is -0.610. The SMILES string of the molecule is CC[N+](C)(C)C[C@H]1C(=O)O[C@@]23[C@H](CC[C@@]4(C)O[C@@H]24)[C@H](C)CC[C@H]13. The first-order valence-electron chi connectivity index (χ1n) is 9.46. The minimum Gasteiger partial charge on any atom is -0.455 e. The molecule has 0 bridgehead atoms. The molecule has 23 heavy (non-hydrogen) atoms. The Balaban J connectivity index is 1.70. The number of carbonyl (C=O) groups excluding carboxylic acids is 1. The van der Waals surface area contributed by atoms with Crippen LogP contribution in [0.25, 0.3) is 0 Å². The molecule has 2 aliphatic heterocycles. The van der Waals surface area contributed by atoms with Crippen LogP contribution < -0.4 is 0 Å². The highest BCUT2D eigenvalue weighted by molar-refractivity contribution is 5.77. The van der Waals surface area contributed by atoms with Gasteiger partial charge < -0.3 is 14.0 Å². The lowest BCUT2D eigenvalue weighted by atomic mass is 9.55. The summed E-state index contributed by atoms with van der Waals surface area (Å²) in [6.07, 6.45) is 4.77. The standard InChI is InChI=1S/C19H32NO3/c1-6-20(4,5)11-13-15-8-7-12(2)14-9-10-18(3)17(23-18)19(14,15)22-16(13)21/h12-15,17H,6-11H2,1-5H3/q+1/t12-,13-,14-,15-,17-,18-,19-/m1/s1. The quantitative estimate of drug-likeness (QED) is 0.455. The maximum absolute atomic E-state index is 12.9. The lowest BCUT2D eigenvalue weighted by molar-refractivity contribution is -0.891. The number of ether oxygens (including phenoxy) is 2. The molecule has 0 aromatic heterocycles. The van der Waals surface area contributed by atoms with Crippen molar-refractivity contribution in [3.05, 3.63) is 0 Å². The van der Waals surface area contributed by atoms with E-state index in [9.17, 15) is 4.79 Å². The largest absolute Gasteiger partial charge is 0.455 e. The number of hydrogen-bond acceptors (Lipinski definition) is 3. The molecule has 2 heterocycles. The summed E-state index contributed by atoms with van der Waals surface area (Å²) in [5.74, 6) is 1.58. The molecule has 130 valence electrons. The number of nitrogens with zero attached hydrogens (tertiary/aromatic N) is 1. The number of epoxide rings is 1. The van der Waals surface area contributed by atoms with Crippen molar-refractivity contribution in [2.45, 2.75) is 63.8 Å². The Morgan fingerprint density at radius 2 is 1.96 bits per heavy atom. The van der Waals surface area contributed by atoms with Crippen molar-refractivity contribution in [3.8, 4) is 0 Å². The number of fused-ring (bicyclic) bond motifs is 1. The molecule has 4 fully saturated rings. The van der Waals surface area contributed by atoms with Crippen molar-refractivity contribution in [2.24, 2.45) is 23.7 Å². The number of quaternary nitrogens is 1. The Morgan fingerprint density at radius 1 is 1.22 bits per heavy atom. The van der Waals surface area contributed by atoms with Gasteiger partial charge in [-0.05, 0) is 45.4 Å². The van der Waals surface area contributed by atoms with Crippen LogP contribution in [0, 0.1) is 23.7 Å². The van der Waals surface area contributed by atoms with Crippen LogP contribution in [0.1, 0.15) is 46.5 Å². The molecule has 0 aromatic rings. The number of rotatable bonds is 3. The first kappa shape index (κ1) is 15.9. The summed E-state index contributed by atoms with van der Waals surface area (Å²) in [6, 6.07) is 0. The highest BCUT2D eigenvalue weighted by Crippen LogP contribution is 2.66. The molecule has 4 rings (SSSR count). The molecule has 0 radical (unpaired) electrons. The first-order chi connectivity index (χ1) is 10.7. The lowest BCUT2D eigenvalue weighted by Crippen LogP contribution is -2.59. The molecule has 0 aromatic carbocycles. The van der Waals surface area contributed by atoms with Gasteiger partial charge in [0.2, 0.25) is 0 Å². The minimum absolute atomic E-state index is 0.0316. The predicted molar refractivity (Wildman–Crippen MR) is 87.7 cm³/mol. The van der Waals surface area contributed by atoms with Crippen LogP contribution in [0.3, 0.4) is 0 Å². The highest BCUT2D eigenvalue weighted by atomic mass is 16.7. The van der Waals surface area contributed by atoms with E-state index in [1.54, 1.807) is 0 Å². The molecule has 4 nitrogen and oxygen atoms in total. The zero-order valence-electron chi connectivity index (χ0n) is 15.3. The van der Waals surface area contributed by atoms with E-state index in [2.05, 4.69) is 34.9 Å². The third-order valence-corrected chi connectivity index (χ3v) is 7.64. The van der Waals surface area contributed by atoms with Gasteiger partial charge in [-0.15, -0.1) is 0 Å². The van der Waals surface area contributed by atoms with Crippen molar-refractivity contribution in [1.29, 1.82) is 0 Å². The molecule has 2 aliphatic carbocycles. The molecule has 2 saturated carbocycles. The predicted octanol–water partition coefficient (Wildman–Crippen LogP) is 2.61. The fraction of sp³-hybridized carbons (Fsp3) is 0.947. The monoisotopic (exact) mass is 322 g/mol. The van der Waals surface area contributed by atoms with Crippen molar-refractivity contribution in [3.63, 3.8) is 0 Å². The molecule has 0 amide bonds. The van der Waals surface area contributed by atoms with Crippen LogP contribution in [0.5, 0.6) is 0 Å². The van der Waals surface area contributed by atoms with E-state index in [4.69, 9.17) is 9.47 Å². The Bertz CT molecular complexity index is 533. The number of esters is 1. The number of carbonyl (C=O) groups is 1. The van der Waals surface area contributed by atoms with Crippen LogP contribution in [-0.2, 0) is 14.3 Å². The van der Waals surface area contributed by atoms with E-state index in [-0.39, 0.29) is 29.2 Å². The van der Waals surface area contributed by atoms with Crippen LogP contribution in [0.4, 0.5) is 0 Å². The molecule has 0 unspecified atom stereocenters. The molecular formula is C19H32NO3+. The summed E-state index contributed by atoms with van der Waals surface area (Å²) < 4.78 is 13.3. The van der Waals surface area contributed by atoms with E-state index in [1.807, 2.05) is 0 Å². The second-order valence-corrected chi connectivity index (χ2v) is 9.43. The van der Waals surface area contributed by atoms with Gasteiger partial charge in [-0.25, -0.2) is 0 Å². The highest BCUT2D eigenvalue weighted by Gasteiger charge is 2.77. The molecule has 2 saturated heterocycles. The Morgan fingerprint density at radius 3 is 2.65 bits per heavy atom. The first-order valence-corrected chi connectivity index (χ1v) is 9.46. The van der Waals surface area contributed by atoms with Gasteiger partial charge in [0.25, 0.3) is 0 Å². The van der Waals surface area contributed by atoms with E-state index in [0.717, 1.165) is 36.8 Å². The maximum Gasteiger partial charge on any atom is 0.315 e. The van der Waals surface area contributed by atoms with Crippen molar-refractivity contribution in [1.82, 2.24) is 0 Å². The van der Waals surface area contributed by atoms with Gasteiger partial charge in [0.15, 0.2) is 0 Å². The lowest BCUT2D eigenvalue weighted by Gasteiger charge is -2.50. The second-order valence-electron chi connectivity index (χ2n) is 9.43. The van der Waals surface area contributed by atoms with Crippen LogP contribution in [-0.4, -0.2) is 54.9 Å². The van der Waals surface area contributed by atoms with Crippen molar-refractivity contribution in [2.75, 3.05) is 27.2 Å². The molecule has 0 N–H and O–H groups in total. The third kappa shape index (κ3) is 2.07. The Labute approximate surface area is 140 Å². The topological polar surface area (TPSA) is 38.8 Å². The van der Waals surface area contributed by atoms with Crippen molar-refractivity contribution < 1.29 is 18.8 Å². The van der Waals surface area contributed by atoms with E-state index in [0.29, 0.717) is 17.8 Å². The summed E-state index contributed by atoms with van der Waals surface area (Å²) in [5, 5.41) is 0. The summed E-state index contributed by atoms with van der Waals surface area (Å²) in [7, 11) is 4.44. The fourth-order valence-electron chi connectivity index (χ4n) is 5.92. The van der Waals surface area contributed by atoms with Gasteiger partial charge in [-0.1, -0.05) is 6.92 Å². The third-order valence-electron chi connectivity index (χ3n) is 7.64. The van der Waals surface area contributed by atoms with Gasteiger partial charge in [0.05, 0.1) is 32.8 Å². The van der Waals surface area contributed by atoms with Crippen molar-refractivity contribution >= 4 is 5.97 Å². The van der Waals surface area contributed by atoms with Gasteiger partial charge in [-0.3, -0.25) is 4.79 Å². The van der Waals surface area contributed by atoms with Crippen LogP contribution in [0.2, 0.25) is 0 Å². The van der Waals surface area contributed by atoms with Gasteiger partial charge >= 0.3 is 5.97 Å². The van der Waals surface area contributed by atoms with Crippen LogP contribution >= 0.6 is 0 Å². The van der Waals surface area contributed by atoms with E-state index in [1.165, 1.54) is 6.42 Å². The normalized spacial score (nSPS) is 51.5. The van der Waals surface area contributed by atoms with Gasteiger partial charge in [0.1, 0.15) is 17.6 Å². The smallest absolute Gasteiger partial charge is 0.315 e. The van der Waals surface area contributed by atoms with E-state index >= 15 is 0 Å². The minimum atomic E-state index is -0.319. The summed E-state index contributed by atoms with van der Waals surface area (Å²) in [6.45, 7) is 8.70. The molecular weight excluding hydrogens is 290 g/mol. The van der Waals surface area contributed by atoms with Gasteiger partial charge in [0, 0.05) is 11.8 Å². The summed E-state index contributed by atoms with van der Waals surface area (Å²) in [4.78, 5) is 12.9. The fourth-order valence-corrected chi connectivity index (χ4v) is 5.92. The molecule has 7 atom stereocenters.